The number of aromatic amines is 1. The molecular formula is C21H25IN4O2. The van der Waals surface area contributed by atoms with Crippen LogP contribution in [-0.4, -0.2) is 31.2 Å². The number of ether oxygens (including phenoxy) is 2. The number of guanidine groups is 1. The Balaban J connectivity index is 0.00000225. The van der Waals surface area contributed by atoms with Crippen LogP contribution < -0.4 is 20.5 Å². The van der Waals surface area contributed by atoms with E-state index in [2.05, 4.69) is 21.4 Å². The second kappa shape index (κ2) is 9.18. The van der Waals surface area contributed by atoms with Crippen LogP contribution in [0.1, 0.15) is 23.6 Å². The summed E-state index contributed by atoms with van der Waals surface area (Å²) in [6.07, 6.45) is 3.67. The molecule has 1 aliphatic rings. The molecule has 1 unspecified atom stereocenters. The summed E-state index contributed by atoms with van der Waals surface area (Å²) in [6, 6.07) is 14.2. The first-order valence-corrected chi connectivity index (χ1v) is 9.17. The Hall–Kier alpha value is -2.42. The van der Waals surface area contributed by atoms with Gasteiger partial charge in [0.05, 0.1) is 19.8 Å². The molecule has 1 aliphatic heterocycles. The van der Waals surface area contributed by atoms with Crippen LogP contribution in [0.15, 0.2) is 53.7 Å². The molecule has 0 fully saturated rings. The van der Waals surface area contributed by atoms with Crippen molar-refractivity contribution in [1.82, 2.24) is 10.3 Å². The molecule has 0 saturated carbocycles. The molecule has 4 N–H and O–H groups in total. The van der Waals surface area contributed by atoms with E-state index in [1.54, 1.807) is 7.11 Å². The second-order valence-electron chi connectivity index (χ2n) is 6.59. The highest BCUT2D eigenvalue weighted by molar-refractivity contribution is 14.0. The maximum atomic E-state index is 6.14. The van der Waals surface area contributed by atoms with E-state index in [1.807, 2.05) is 42.6 Å². The standard InChI is InChI=1S/C21H24N4O2.HI/c1-26-19-8-4-6-17-20(19)14(13-24-17)9-11-23-21(22)25-16-10-12-27-18-7-3-2-5-15(16)18;/h2-8,13,16,24H,9-12H2,1H3,(H3,22,23,25);1H. The third kappa shape index (κ3) is 4.19. The number of H-pyrrole nitrogens is 1. The Kier molecular flexibility index (Phi) is 6.66. The van der Waals surface area contributed by atoms with Gasteiger partial charge in [-0.1, -0.05) is 24.3 Å². The number of halogens is 1. The zero-order valence-electron chi connectivity index (χ0n) is 15.8. The molecule has 0 saturated heterocycles. The molecule has 7 heteroatoms. The van der Waals surface area contributed by atoms with Gasteiger partial charge in [0.25, 0.3) is 0 Å². The zero-order valence-corrected chi connectivity index (χ0v) is 18.1. The van der Waals surface area contributed by atoms with Crippen LogP contribution in [0.5, 0.6) is 11.5 Å². The fourth-order valence-corrected chi connectivity index (χ4v) is 3.60. The van der Waals surface area contributed by atoms with Gasteiger partial charge < -0.3 is 25.5 Å². The molecule has 0 spiro atoms. The molecule has 0 bridgehead atoms. The van der Waals surface area contributed by atoms with Crippen LogP contribution >= 0.6 is 24.0 Å². The van der Waals surface area contributed by atoms with Gasteiger partial charge in [0, 0.05) is 35.6 Å². The van der Waals surface area contributed by atoms with Crippen LogP contribution in [0.4, 0.5) is 0 Å². The molecule has 2 aromatic carbocycles. The molecule has 1 aromatic heterocycles. The van der Waals surface area contributed by atoms with E-state index in [0.29, 0.717) is 19.1 Å². The number of methoxy groups -OCH3 is 1. The van der Waals surface area contributed by atoms with E-state index in [-0.39, 0.29) is 30.0 Å². The first kappa shape index (κ1) is 20.3. The molecule has 6 nitrogen and oxygen atoms in total. The van der Waals surface area contributed by atoms with E-state index in [4.69, 9.17) is 15.2 Å². The van der Waals surface area contributed by atoms with E-state index in [0.717, 1.165) is 40.8 Å². The van der Waals surface area contributed by atoms with Crippen LogP contribution in [0.3, 0.4) is 0 Å². The molecule has 0 aliphatic carbocycles. The SMILES string of the molecule is COc1cccc2[nH]cc(CCN=C(N)NC3CCOc4ccccc43)c12.I. The monoisotopic (exact) mass is 492 g/mol. The number of nitrogens with zero attached hydrogens (tertiary/aromatic N) is 1. The largest absolute Gasteiger partial charge is 0.496 e. The lowest BCUT2D eigenvalue weighted by Crippen LogP contribution is -2.37. The van der Waals surface area contributed by atoms with Gasteiger partial charge in [-0.05, 0) is 30.2 Å². The predicted molar refractivity (Wildman–Crippen MR) is 123 cm³/mol. The van der Waals surface area contributed by atoms with E-state index in [1.165, 1.54) is 5.56 Å². The number of fused-ring (bicyclic) bond motifs is 2. The van der Waals surface area contributed by atoms with Crippen LogP contribution in [-0.2, 0) is 6.42 Å². The van der Waals surface area contributed by atoms with Crippen molar-refractivity contribution >= 4 is 40.8 Å². The number of hydrogen-bond donors (Lipinski definition) is 3. The molecule has 0 amide bonds. The molecular weight excluding hydrogens is 467 g/mol. The van der Waals surface area contributed by atoms with Gasteiger partial charge >= 0.3 is 0 Å². The second-order valence-corrected chi connectivity index (χ2v) is 6.59. The summed E-state index contributed by atoms with van der Waals surface area (Å²) in [5, 5.41) is 4.44. The number of hydrogen-bond acceptors (Lipinski definition) is 3. The number of benzene rings is 2. The lowest BCUT2D eigenvalue weighted by molar-refractivity contribution is 0.262. The number of aromatic nitrogens is 1. The normalized spacial score (nSPS) is 16.0. The molecule has 1 atom stereocenters. The first-order valence-electron chi connectivity index (χ1n) is 9.17. The third-order valence-electron chi connectivity index (χ3n) is 4.91. The molecule has 28 heavy (non-hydrogen) atoms. The van der Waals surface area contributed by atoms with Crippen LogP contribution in [0.2, 0.25) is 0 Å². The van der Waals surface area contributed by atoms with Crippen molar-refractivity contribution in [2.24, 2.45) is 10.7 Å². The lowest BCUT2D eigenvalue weighted by atomic mass is 10.0. The van der Waals surface area contributed by atoms with Gasteiger partial charge in [-0.25, -0.2) is 0 Å². The van der Waals surface area contributed by atoms with Crippen molar-refractivity contribution in [3.05, 3.63) is 59.8 Å². The fourth-order valence-electron chi connectivity index (χ4n) is 3.60. The number of nitrogens with two attached hydrogens (primary N) is 1. The van der Waals surface area contributed by atoms with Crippen molar-refractivity contribution in [1.29, 1.82) is 0 Å². The van der Waals surface area contributed by atoms with E-state index < -0.39 is 0 Å². The van der Waals surface area contributed by atoms with Crippen molar-refractivity contribution in [3.8, 4) is 11.5 Å². The summed E-state index contributed by atoms with van der Waals surface area (Å²) >= 11 is 0. The summed E-state index contributed by atoms with van der Waals surface area (Å²) in [5.41, 5.74) is 9.51. The summed E-state index contributed by atoms with van der Waals surface area (Å²) < 4.78 is 11.2. The Morgan fingerprint density at radius 1 is 1.29 bits per heavy atom. The average molecular weight is 492 g/mol. The third-order valence-corrected chi connectivity index (χ3v) is 4.91. The number of rotatable bonds is 5. The molecule has 3 aromatic rings. The number of para-hydroxylation sites is 1. The summed E-state index contributed by atoms with van der Waals surface area (Å²) in [7, 11) is 1.69. The minimum absolute atomic E-state index is 0. The highest BCUT2D eigenvalue weighted by Gasteiger charge is 2.21. The quantitative estimate of drug-likeness (QED) is 0.288. The number of aliphatic imine (C=N–C) groups is 1. The Bertz CT molecular complexity index is 970. The summed E-state index contributed by atoms with van der Waals surface area (Å²) in [4.78, 5) is 7.80. The topological polar surface area (TPSA) is 84.7 Å². The highest BCUT2D eigenvalue weighted by Crippen LogP contribution is 2.31. The minimum Gasteiger partial charge on any atom is -0.496 e. The smallest absolute Gasteiger partial charge is 0.189 e. The van der Waals surface area contributed by atoms with Crippen molar-refractivity contribution in [3.63, 3.8) is 0 Å². The summed E-state index contributed by atoms with van der Waals surface area (Å²) in [5.74, 6) is 2.25. The molecule has 148 valence electrons. The minimum atomic E-state index is 0. The Morgan fingerprint density at radius 2 is 2.14 bits per heavy atom. The van der Waals surface area contributed by atoms with Gasteiger partial charge in [-0.3, -0.25) is 4.99 Å². The van der Waals surface area contributed by atoms with Gasteiger partial charge in [0.1, 0.15) is 11.5 Å². The van der Waals surface area contributed by atoms with Gasteiger partial charge in [0.2, 0.25) is 0 Å². The number of nitrogens with one attached hydrogen (secondary N) is 2. The molecule has 0 radical (unpaired) electrons. The van der Waals surface area contributed by atoms with Crippen molar-refractivity contribution in [2.75, 3.05) is 20.3 Å². The van der Waals surface area contributed by atoms with Crippen LogP contribution in [0, 0.1) is 0 Å². The fraction of sp³-hybridized carbons (Fsp3) is 0.286. The van der Waals surface area contributed by atoms with Crippen molar-refractivity contribution < 1.29 is 9.47 Å². The lowest BCUT2D eigenvalue weighted by Gasteiger charge is -2.26. The predicted octanol–water partition coefficient (Wildman–Crippen LogP) is 3.77. The van der Waals surface area contributed by atoms with Crippen LogP contribution in [0.25, 0.3) is 10.9 Å². The average Bonchev–Trinajstić information content (AvgIpc) is 3.11. The molecule has 2 heterocycles. The molecule has 4 rings (SSSR count). The van der Waals surface area contributed by atoms with Gasteiger partial charge in [-0.15, -0.1) is 24.0 Å². The first-order chi connectivity index (χ1) is 13.3. The summed E-state index contributed by atoms with van der Waals surface area (Å²) in [6.45, 7) is 1.28. The van der Waals surface area contributed by atoms with Gasteiger partial charge in [0.15, 0.2) is 5.96 Å². The van der Waals surface area contributed by atoms with Gasteiger partial charge in [-0.2, -0.15) is 0 Å². The van der Waals surface area contributed by atoms with E-state index in [9.17, 15) is 0 Å². The van der Waals surface area contributed by atoms with E-state index >= 15 is 0 Å². The maximum Gasteiger partial charge on any atom is 0.189 e. The maximum absolute atomic E-state index is 6.14. The Morgan fingerprint density at radius 3 is 3.00 bits per heavy atom. The highest BCUT2D eigenvalue weighted by atomic mass is 127. The Labute approximate surface area is 181 Å². The van der Waals surface area contributed by atoms with Crippen molar-refractivity contribution in [2.45, 2.75) is 18.9 Å². The zero-order chi connectivity index (χ0) is 18.6.